The van der Waals surface area contributed by atoms with E-state index in [9.17, 15) is 9.59 Å². The number of allylic oxidation sites excluding steroid dienone is 1. The average molecular weight is 528 g/mol. The fourth-order valence-electron chi connectivity index (χ4n) is 3.88. The largest absolute Gasteiger partial charge is 0.490 e. The molecule has 0 aliphatic rings. The summed E-state index contributed by atoms with van der Waals surface area (Å²) in [7, 11) is 0. The van der Waals surface area contributed by atoms with E-state index in [0.717, 1.165) is 33.5 Å². The van der Waals surface area contributed by atoms with Crippen LogP contribution in [0.5, 0.6) is 11.5 Å². The van der Waals surface area contributed by atoms with E-state index in [4.69, 9.17) is 9.47 Å². The normalized spacial score (nSPS) is 10.8. The topological polar surface area (TPSA) is 89.0 Å². The van der Waals surface area contributed by atoms with E-state index in [1.54, 1.807) is 12.3 Å². The van der Waals surface area contributed by atoms with Gasteiger partial charge in [0.1, 0.15) is 6.61 Å². The Morgan fingerprint density at radius 1 is 0.923 bits per heavy atom. The summed E-state index contributed by atoms with van der Waals surface area (Å²) >= 11 is 0. The molecule has 0 heterocycles. The molecule has 3 aromatic rings. The lowest BCUT2D eigenvalue weighted by Gasteiger charge is -2.17. The summed E-state index contributed by atoms with van der Waals surface area (Å²) < 4.78 is 12.1. The summed E-state index contributed by atoms with van der Waals surface area (Å²) in [5.41, 5.74) is 9.17. The zero-order chi connectivity index (χ0) is 28.2. The van der Waals surface area contributed by atoms with Gasteiger partial charge in [-0.05, 0) is 74.6 Å². The number of nitrogens with zero attached hydrogens (tertiary/aromatic N) is 1. The Morgan fingerprint density at radius 2 is 1.64 bits per heavy atom. The molecule has 3 rings (SSSR count). The fraction of sp³-hybridized carbons (Fsp3) is 0.281. The molecule has 0 saturated carbocycles. The van der Waals surface area contributed by atoms with Crippen LogP contribution in [0.1, 0.15) is 53.1 Å². The van der Waals surface area contributed by atoms with E-state index >= 15 is 0 Å². The van der Waals surface area contributed by atoms with Crippen LogP contribution in [0.2, 0.25) is 0 Å². The molecule has 0 aliphatic heterocycles. The van der Waals surface area contributed by atoms with Gasteiger partial charge in [0.05, 0.1) is 12.8 Å². The van der Waals surface area contributed by atoms with Crippen LogP contribution in [-0.4, -0.2) is 24.6 Å². The second kappa shape index (κ2) is 14.5. The van der Waals surface area contributed by atoms with Crippen LogP contribution in [0.15, 0.2) is 72.4 Å². The Morgan fingerprint density at radius 3 is 2.36 bits per heavy atom. The quantitative estimate of drug-likeness (QED) is 0.158. The molecule has 7 nitrogen and oxygen atoms in total. The third kappa shape index (κ3) is 9.14. The van der Waals surface area contributed by atoms with Gasteiger partial charge >= 0.3 is 0 Å². The first kappa shape index (κ1) is 29.2. The molecule has 0 radical (unpaired) electrons. The third-order valence-corrected chi connectivity index (χ3v) is 5.97. The van der Waals surface area contributed by atoms with Crippen LogP contribution in [0, 0.1) is 20.8 Å². The molecule has 0 aliphatic carbocycles. The molecule has 0 spiro atoms. The lowest BCUT2D eigenvalue weighted by Crippen LogP contribution is -2.21. The zero-order valence-corrected chi connectivity index (χ0v) is 23.2. The van der Waals surface area contributed by atoms with Gasteiger partial charge in [-0.25, -0.2) is 5.43 Å². The molecule has 0 aromatic heterocycles. The molecule has 7 heteroatoms. The third-order valence-electron chi connectivity index (χ3n) is 5.97. The number of hydrogen-bond acceptors (Lipinski definition) is 5. The van der Waals surface area contributed by atoms with Gasteiger partial charge < -0.3 is 14.8 Å². The van der Waals surface area contributed by atoms with Gasteiger partial charge in [-0.2, -0.15) is 5.10 Å². The number of carbonyl (C=O) groups is 2. The number of rotatable bonds is 13. The van der Waals surface area contributed by atoms with Crippen LogP contribution in [-0.2, 0) is 22.6 Å². The lowest BCUT2D eigenvalue weighted by molar-refractivity contribution is -0.124. The summed E-state index contributed by atoms with van der Waals surface area (Å²) in [4.78, 5) is 24.6. The predicted octanol–water partition coefficient (Wildman–Crippen LogP) is 6.19. The Balaban J connectivity index is 1.62. The zero-order valence-electron chi connectivity index (χ0n) is 23.2. The number of hydrazone groups is 1. The maximum atomic E-state index is 12.3. The lowest BCUT2D eigenvalue weighted by atomic mass is 10.1. The minimum absolute atomic E-state index is 0.0196. The summed E-state index contributed by atoms with van der Waals surface area (Å²) in [5, 5.41) is 6.95. The monoisotopic (exact) mass is 527 g/mol. The molecule has 0 atom stereocenters. The molecular weight excluding hydrogens is 490 g/mol. The molecule has 204 valence electrons. The van der Waals surface area contributed by atoms with E-state index in [-0.39, 0.29) is 24.7 Å². The molecule has 3 aromatic carbocycles. The van der Waals surface area contributed by atoms with Gasteiger partial charge in [0, 0.05) is 24.1 Å². The molecule has 2 amide bonds. The van der Waals surface area contributed by atoms with Crippen LogP contribution in [0.25, 0.3) is 0 Å². The van der Waals surface area contributed by atoms with Crippen LogP contribution >= 0.6 is 0 Å². The number of anilines is 1. The maximum absolute atomic E-state index is 12.3. The van der Waals surface area contributed by atoms with E-state index in [1.165, 1.54) is 5.56 Å². The first-order valence-electron chi connectivity index (χ1n) is 13.1. The van der Waals surface area contributed by atoms with Gasteiger partial charge in [0.25, 0.3) is 0 Å². The minimum atomic E-state index is -0.350. The number of nitrogens with one attached hydrogen (secondary N) is 2. The summed E-state index contributed by atoms with van der Waals surface area (Å²) in [5.74, 6) is 0.685. The van der Waals surface area contributed by atoms with Gasteiger partial charge in [-0.3, -0.25) is 9.59 Å². The summed E-state index contributed by atoms with van der Waals surface area (Å²) in [6, 6.07) is 17.8. The average Bonchev–Trinajstić information content (AvgIpc) is 2.90. The van der Waals surface area contributed by atoms with Crippen molar-refractivity contribution in [2.24, 2.45) is 5.10 Å². The van der Waals surface area contributed by atoms with E-state index in [1.807, 2.05) is 70.2 Å². The van der Waals surface area contributed by atoms with Crippen molar-refractivity contribution in [2.75, 3.05) is 11.9 Å². The number of ether oxygens (including phenoxy) is 2. The van der Waals surface area contributed by atoms with E-state index in [2.05, 4.69) is 34.6 Å². The summed E-state index contributed by atoms with van der Waals surface area (Å²) in [6.07, 6.45) is 4.00. The van der Waals surface area contributed by atoms with Crippen molar-refractivity contribution in [1.82, 2.24) is 5.43 Å². The van der Waals surface area contributed by atoms with Crippen molar-refractivity contribution < 1.29 is 19.1 Å². The van der Waals surface area contributed by atoms with Crippen molar-refractivity contribution in [3.8, 4) is 11.5 Å². The van der Waals surface area contributed by atoms with Crippen LogP contribution in [0.4, 0.5) is 5.69 Å². The van der Waals surface area contributed by atoms with E-state index in [0.29, 0.717) is 31.1 Å². The Bertz CT molecular complexity index is 1330. The highest BCUT2D eigenvalue weighted by Crippen LogP contribution is 2.34. The van der Waals surface area contributed by atoms with Crippen molar-refractivity contribution in [2.45, 2.75) is 53.6 Å². The summed E-state index contributed by atoms with van der Waals surface area (Å²) in [6.45, 7) is 12.6. The van der Waals surface area contributed by atoms with Gasteiger partial charge in [0.2, 0.25) is 11.8 Å². The number of carbonyl (C=O) groups excluding carboxylic acids is 2. The van der Waals surface area contributed by atoms with Crippen molar-refractivity contribution in [1.29, 1.82) is 0 Å². The molecule has 0 fully saturated rings. The number of amides is 2. The fourth-order valence-corrected chi connectivity index (χ4v) is 3.88. The number of aryl methyl sites for hydroxylation is 3. The Kier molecular flexibility index (Phi) is 10.9. The molecule has 2 N–H and O–H groups in total. The first-order valence-corrected chi connectivity index (χ1v) is 13.1. The first-order chi connectivity index (χ1) is 18.8. The SMILES string of the molecule is C=CCc1cc(C=NNC(=O)CCC(=O)Nc2cc(C)ccc2C)cc(OCC)c1OCc1ccc(C)cc1. The molecule has 0 bridgehead atoms. The van der Waals surface area contributed by atoms with Crippen molar-refractivity contribution >= 4 is 23.7 Å². The van der Waals surface area contributed by atoms with Gasteiger partial charge in [-0.15, -0.1) is 6.58 Å². The van der Waals surface area contributed by atoms with E-state index < -0.39 is 0 Å². The van der Waals surface area contributed by atoms with Crippen molar-refractivity contribution in [3.05, 3.63) is 101 Å². The minimum Gasteiger partial charge on any atom is -0.490 e. The van der Waals surface area contributed by atoms with Crippen LogP contribution < -0.4 is 20.2 Å². The second-order valence-electron chi connectivity index (χ2n) is 9.37. The second-order valence-corrected chi connectivity index (χ2v) is 9.37. The van der Waals surface area contributed by atoms with Crippen LogP contribution in [0.3, 0.4) is 0 Å². The van der Waals surface area contributed by atoms with Gasteiger partial charge in [0.15, 0.2) is 11.5 Å². The molecule has 39 heavy (non-hydrogen) atoms. The highest BCUT2D eigenvalue weighted by Gasteiger charge is 2.14. The maximum Gasteiger partial charge on any atom is 0.240 e. The van der Waals surface area contributed by atoms with Gasteiger partial charge in [-0.1, -0.05) is 48.0 Å². The number of hydrogen-bond donors (Lipinski definition) is 2. The standard InChI is InChI=1S/C32H37N3O4/c1-6-8-27-18-26(19-29(38-7-2)32(27)39-21-25-13-10-22(3)11-14-25)20-33-35-31(37)16-15-30(36)34-28-17-23(4)9-12-24(28)5/h6,9-14,17-20H,1,7-8,15-16,21H2,2-5H3,(H,34,36)(H,35,37). The predicted molar refractivity (Wildman–Crippen MR) is 157 cm³/mol. The molecule has 0 saturated heterocycles. The Hall–Kier alpha value is -4.39. The smallest absolute Gasteiger partial charge is 0.240 e. The number of benzene rings is 3. The molecular formula is C32H37N3O4. The molecule has 0 unspecified atom stereocenters. The highest BCUT2D eigenvalue weighted by molar-refractivity contribution is 5.94. The highest BCUT2D eigenvalue weighted by atomic mass is 16.5. The Labute approximate surface area is 230 Å². The van der Waals surface area contributed by atoms with Crippen molar-refractivity contribution in [3.63, 3.8) is 0 Å².